The van der Waals surface area contributed by atoms with Crippen molar-refractivity contribution in [2.75, 3.05) is 18.5 Å². The second kappa shape index (κ2) is 7.74. The van der Waals surface area contributed by atoms with Crippen LogP contribution in [0.25, 0.3) is 0 Å². The van der Waals surface area contributed by atoms with Crippen molar-refractivity contribution < 1.29 is 27.4 Å². The molecule has 1 aromatic carbocycles. The Kier molecular flexibility index (Phi) is 5.93. The zero-order valence-corrected chi connectivity index (χ0v) is 13.6. The van der Waals surface area contributed by atoms with Crippen LogP contribution in [0.3, 0.4) is 0 Å². The fourth-order valence-corrected chi connectivity index (χ4v) is 2.52. The Bertz CT molecular complexity index is 572. The molecule has 8 heteroatoms. The molecule has 0 aliphatic carbocycles. The minimum absolute atomic E-state index is 0.0155. The molecule has 2 atom stereocenters. The quantitative estimate of drug-likeness (QED) is 0.856. The summed E-state index contributed by atoms with van der Waals surface area (Å²) in [4.78, 5) is 12.1. The van der Waals surface area contributed by atoms with Gasteiger partial charge in [-0.25, -0.2) is 4.79 Å². The van der Waals surface area contributed by atoms with E-state index in [1.165, 1.54) is 12.1 Å². The standard InChI is InChI=1S/C16H21F3N2O3/c1-10-12(5-3-6-13(10)24-9-16(17,18)19)21-15(22)20-11(2)14-7-4-8-23-14/h3,5-6,11,14H,4,7-9H2,1-2H3,(H2,20,21,22). The van der Waals surface area contributed by atoms with Gasteiger partial charge in [-0.1, -0.05) is 6.07 Å². The van der Waals surface area contributed by atoms with Crippen LogP contribution in [0, 0.1) is 6.92 Å². The SMILES string of the molecule is Cc1c(NC(=O)NC(C)C2CCCO2)cccc1OCC(F)(F)F. The maximum atomic E-state index is 12.3. The third-order valence-electron chi connectivity index (χ3n) is 3.80. The molecular weight excluding hydrogens is 325 g/mol. The number of alkyl halides is 3. The van der Waals surface area contributed by atoms with Gasteiger partial charge in [0.1, 0.15) is 5.75 Å². The molecule has 2 rings (SSSR count). The Balaban J connectivity index is 1.95. The highest BCUT2D eigenvalue weighted by Gasteiger charge is 2.29. The lowest BCUT2D eigenvalue weighted by Crippen LogP contribution is -2.43. The maximum absolute atomic E-state index is 12.3. The minimum Gasteiger partial charge on any atom is -0.484 e. The number of nitrogens with one attached hydrogen (secondary N) is 2. The number of hydrogen-bond donors (Lipinski definition) is 2. The number of halogens is 3. The lowest BCUT2D eigenvalue weighted by Gasteiger charge is -2.21. The van der Waals surface area contributed by atoms with E-state index in [2.05, 4.69) is 10.6 Å². The van der Waals surface area contributed by atoms with Crippen LogP contribution >= 0.6 is 0 Å². The van der Waals surface area contributed by atoms with Crippen LogP contribution in [0.15, 0.2) is 18.2 Å². The second-order valence-corrected chi connectivity index (χ2v) is 5.77. The van der Waals surface area contributed by atoms with E-state index in [0.717, 1.165) is 12.8 Å². The van der Waals surface area contributed by atoms with Crippen molar-refractivity contribution in [3.63, 3.8) is 0 Å². The Hall–Kier alpha value is -1.96. The zero-order chi connectivity index (χ0) is 17.7. The number of urea groups is 1. The van der Waals surface area contributed by atoms with Gasteiger partial charge < -0.3 is 20.1 Å². The van der Waals surface area contributed by atoms with Crippen LogP contribution in [0.1, 0.15) is 25.3 Å². The fraction of sp³-hybridized carbons (Fsp3) is 0.562. The van der Waals surface area contributed by atoms with Crippen LogP contribution in [-0.4, -0.2) is 37.6 Å². The number of hydrogen-bond acceptors (Lipinski definition) is 3. The summed E-state index contributed by atoms with van der Waals surface area (Å²) in [6.07, 6.45) is -2.57. The van der Waals surface area contributed by atoms with E-state index in [-0.39, 0.29) is 17.9 Å². The lowest BCUT2D eigenvalue weighted by atomic mass is 10.1. The first-order valence-corrected chi connectivity index (χ1v) is 7.74. The number of carbonyl (C=O) groups excluding carboxylic acids is 1. The second-order valence-electron chi connectivity index (χ2n) is 5.77. The van der Waals surface area contributed by atoms with Crippen molar-refractivity contribution in [1.82, 2.24) is 5.32 Å². The molecule has 0 aromatic heterocycles. The number of amides is 2. The molecule has 1 aliphatic heterocycles. The average Bonchev–Trinajstić information content (AvgIpc) is 3.01. The molecule has 0 spiro atoms. The third-order valence-corrected chi connectivity index (χ3v) is 3.80. The topological polar surface area (TPSA) is 59.6 Å². The molecule has 134 valence electrons. The van der Waals surface area contributed by atoms with Gasteiger partial charge in [0.25, 0.3) is 0 Å². The Morgan fingerprint density at radius 2 is 2.21 bits per heavy atom. The number of rotatable bonds is 5. The Labute approximate surface area is 138 Å². The molecule has 1 heterocycles. The number of benzene rings is 1. The normalized spacial score (nSPS) is 19.0. The highest BCUT2D eigenvalue weighted by Crippen LogP contribution is 2.27. The number of carbonyl (C=O) groups is 1. The van der Waals surface area contributed by atoms with E-state index in [0.29, 0.717) is 17.9 Å². The van der Waals surface area contributed by atoms with E-state index < -0.39 is 18.8 Å². The smallest absolute Gasteiger partial charge is 0.422 e. The monoisotopic (exact) mass is 346 g/mol. The molecular formula is C16H21F3N2O3. The molecule has 0 saturated carbocycles. The summed E-state index contributed by atoms with van der Waals surface area (Å²) in [5.74, 6) is 0.0808. The van der Waals surface area contributed by atoms with E-state index in [1.54, 1.807) is 13.0 Å². The average molecular weight is 346 g/mol. The van der Waals surface area contributed by atoms with Crippen LogP contribution in [0.4, 0.5) is 23.7 Å². The largest absolute Gasteiger partial charge is 0.484 e. The van der Waals surface area contributed by atoms with E-state index in [9.17, 15) is 18.0 Å². The molecule has 0 bridgehead atoms. The van der Waals surface area contributed by atoms with Gasteiger partial charge in [0.2, 0.25) is 0 Å². The molecule has 24 heavy (non-hydrogen) atoms. The van der Waals surface area contributed by atoms with Crippen LogP contribution in [-0.2, 0) is 4.74 Å². The molecule has 2 N–H and O–H groups in total. The van der Waals surface area contributed by atoms with Gasteiger partial charge >= 0.3 is 12.2 Å². The third kappa shape index (κ3) is 5.30. The summed E-state index contributed by atoms with van der Waals surface area (Å²) in [7, 11) is 0. The highest BCUT2D eigenvalue weighted by molar-refractivity contribution is 5.90. The van der Waals surface area contributed by atoms with Crippen molar-refractivity contribution in [2.45, 2.75) is 45.0 Å². The minimum atomic E-state index is -4.41. The van der Waals surface area contributed by atoms with Gasteiger partial charge in [-0.3, -0.25) is 0 Å². The van der Waals surface area contributed by atoms with E-state index in [1.807, 2.05) is 6.92 Å². The van der Waals surface area contributed by atoms with Gasteiger partial charge in [0.05, 0.1) is 12.1 Å². The van der Waals surface area contributed by atoms with Crippen molar-refractivity contribution in [3.05, 3.63) is 23.8 Å². The summed E-state index contributed by atoms with van der Waals surface area (Å²) in [6.45, 7) is 2.76. The summed E-state index contributed by atoms with van der Waals surface area (Å²) >= 11 is 0. The van der Waals surface area contributed by atoms with E-state index in [4.69, 9.17) is 9.47 Å². The first kappa shape index (κ1) is 18.4. The predicted molar refractivity (Wildman–Crippen MR) is 83.3 cm³/mol. The molecule has 5 nitrogen and oxygen atoms in total. The van der Waals surface area contributed by atoms with Gasteiger partial charge in [0.15, 0.2) is 6.61 Å². The molecule has 1 fully saturated rings. The molecule has 2 unspecified atom stereocenters. The first-order valence-electron chi connectivity index (χ1n) is 7.74. The Morgan fingerprint density at radius 1 is 1.46 bits per heavy atom. The lowest BCUT2D eigenvalue weighted by molar-refractivity contribution is -0.153. The summed E-state index contributed by atoms with van der Waals surface area (Å²) in [5.41, 5.74) is 0.827. The van der Waals surface area contributed by atoms with Gasteiger partial charge in [-0.05, 0) is 38.8 Å². The highest BCUT2D eigenvalue weighted by atomic mass is 19.4. The van der Waals surface area contributed by atoms with Gasteiger partial charge in [-0.2, -0.15) is 13.2 Å². The van der Waals surface area contributed by atoms with Crippen LogP contribution in [0.2, 0.25) is 0 Å². The van der Waals surface area contributed by atoms with Gasteiger partial charge in [-0.15, -0.1) is 0 Å². The molecule has 1 aliphatic rings. The number of ether oxygens (including phenoxy) is 2. The van der Waals surface area contributed by atoms with E-state index >= 15 is 0 Å². The fourth-order valence-electron chi connectivity index (χ4n) is 2.52. The van der Waals surface area contributed by atoms with Crippen molar-refractivity contribution in [1.29, 1.82) is 0 Å². The van der Waals surface area contributed by atoms with Gasteiger partial charge in [0, 0.05) is 17.9 Å². The van der Waals surface area contributed by atoms with Crippen LogP contribution in [0.5, 0.6) is 5.75 Å². The molecule has 1 saturated heterocycles. The summed E-state index contributed by atoms with van der Waals surface area (Å²) in [6, 6.07) is 3.97. The Morgan fingerprint density at radius 3 is 2.83 bits per heavy atom. The summed E-state index contributed by atoms with van der Waals surface area (Å²) in [5, 5.41) is 5.41. The van der Waals surface area contributed by atoms with Crippen LogP contribution < -0.4 is 15.4 Å². The predicted octanol–water partition coefficient (Wildman–Crippen LogP) is 3.63. The first-order chi connectivity index (χ1) is 11.3. The molecule has 2 amide bonds. The zero-order valence-electron chi connectivity index (χ0n) is 13.6. The molecule has 1 aromatic rings. The van der Waals surface area contributed by atoms with Crippen molar-refractivity contribution in [3.8, 4) is 5.75 Å². The summed E-state index contributed by atoms with van der Waals surface area (Å²) < 4.78 is 47.0. The van der Waals surface area contributed by atoms with Crippen molar-refractivity contribution in [2.24, 2.45) is 0 Å². The number of anilines is 1. The molecule has 0 radical (unpaired) electrons. The maximum Gasteiger partial charge on any atom is 0.422 e. The van der Waals surface area contributed by atoms with Crippen molar-refractivity contribution >= 4 is 11.7 Å².